The molecule has 4 heteroatoms. The van der Waals surface area contributed by atoms with E-state index in [1.807, 2.05) is 0 Å². The van der Waals surface area contributed by atoms with Gasteiger partial charge in [-0.1, -0.05) is 30.3 Å². The average molecular weight is 194 g/mol. The molecule has 1 atom stereocenters. The molecule has 1 rings (SSSR count). The minimum atomic E-state index is -1.11. The molecule has 0 heterocycles. The summed E-state index contributed by atoms with van der Waals surface area (Å²) in [7, 11) is 0. The number of hydrogen-bond acceptors (Lipinski definition) is 2. The van der Waals surface area contributed by atoms with Crippen molar-refractivity contribution in [1.82, 2.24) is 0 Å². The van der Waals surface area contributed by atoms with E-state index >= 15 is 0 Å². The number of hydrogen-bond donors (Lipinski definition) is 2. The van der Waals surface area contributed by atoms with Crippen molar-refractivity contribution >= 4 is 11.9 Å². The summed E-state index contributed by atoms with van der Waals surface area (Å²) in [6.45, 7) is 0. The largest absolute Gasteiger partial charge is 0.481 e. The molecular weight excluding hydrogens is 184 g/mol. The molecule has 0 amide bonds. The third kappa shape index (κ3) is 2.58. The molecule has 0 saturated heterocycles. The quantitative estimate of drug-likeness (QED) is 0.758. The molecular formula is C10H10O4. The zero-order valence-corrected chi connectivity index (χ0v) is 7.38. The standard InChI is InChI=1S/C10H10O4/c11-9(12)6-8(10(13)14)7-4-2-1-3-5-7/h1-5,8H,6H2,(H,11,12)(H,13,14)/t8-/m1/s1. The number of carboxylic acids is 2. The van der Waals surface area contributed by atoms with Gasteiger partial charge in [-0.15, -0.1) is 0 Å². The second kappa shape index (κ2) is 4.41. The summed E-state index contributed by atoms with van der Waals surface area (Å²) in [5.74, 6) is -3.19. The van der Waals surface area contributed by atoms with Gasteiger partial charge in [0.25, 0.3) is 0 Å². The van der Waals surface area contributed by atoms with Crippen molar-refractivity contribution in [3.05, 3.63) is 35.9 Å². The maximum absolute atomic E-state index is 10.8. The Balaban J connectivity index is 2.89. The van der Waals surface area contributed by atoms with Crippen LogP contribution in [0.25, 0.3) is 0 Å². The van der Waals surface area contributed by atoms with Gasteiger partial charge in [0, 0.05) is 0 Å². The van der Waals surface area contributed by atoms with Crippen LogP contribution in [0, 0.1) is 0 Å². The lowest BCUT2D eigenvalue weighted by Gasteiger charge is -2.09. The highest BCUT2D eigenvalue weighted by Crippen LogP contribution is 2.19. The Morgan fingerprint density at radius 1 is 1.14 bits per heavy atom. The predicted molar refractivity (Wildman–Crippen MR) is 49.1 cm³/mol. The van der Waals surface area contributed by atoms with Crippen LogP contribution in [-0.2, 0) is 9.59 Å². The molecule has 1 aromatic carbocycles. The normalized spacial score (nSPS) is 12.0. The van der Waals surface area contributed by atoms with Gasteiger partial charge < -0.3 is 10.2 Å². The SMILES string of the molecule is O=C(O)C[C@@H](C(=O)O)c1ccccc1. The summed E-state index contributed by atoms with van der Waals surface area (Å²) in [6.07, 6.45) is -0.390. The topological polar surface area (TPSA) is 74.6 Å². The molecule has 4 nitrogen and oxygen atoms in total. The van der Waals surface area contributed by atoms with E-state index in [1.165, 1.54) is 0 Å². The number of aliphatic carboxylic acids is 2. The molecule has 0 radical (unpaired) electrons. The van der Waals surface area contributed by atoms with Crippen molar-refractivity contribution < 1.29 is 19.8 Å². The van der Waals surface area contributed by atoms with E-state index in [9.17, 15) is 9.59 Å². The summed E-state index contributed by atoms with van der Waals surface area (Å²) in [5, 5.41) is 17.3. The second-order valence-electron chi connectivity index (χ2n) is 2.90. The molecule has 0 aliphatic heterocycles. The van der Waals surface area contributed by atoms with E-state index in [0.717, 1.165) is 0 Å². The average Bonchev–Trinajstić information content (AvgIpc) is 2.15. The van der Waals surface area contributed by atoms with Gasteiger partial charge in [-0.2, -0.15) is 0 Å². The summed E-state index contributed by atoms with van der Waals surface area (Å²) in [4.78, 5) is 21.2. The summed E-state index contributed by atoms with van der Waals surface area (Å²) in [5.41, 5.74) is 0.516. The van der Waals surface area contributed by atoms with E-state index in [-0.39, 0.29) is 6.42 Å². The van der Waals surface area contributed by atoms with Gasteiger partial charge in [0.05, 0.1) is 12.3 Å². The van der Waals surface area contributed by atoms with Gasteiger partial charge in [0.2, 0.25) is 0 Å². The maximum Gasteiger partial charge on any atom is 0.311 e. The lowest BCUT2D eigenvalue weighted by molar-refractivity contribution is -0.145. The Bertz CT molecular complexity index is 331. The van der Waals surface area contributed by atoms with E-state index in [1.54, 1.807) is 30.3 Å². The third-order valence-electron chi connectivity index (χ3n) is 1.88. The van der Waals surface area contributed by atoms with Crippen LogP contribution in [0.3, 0.4) is 0 Å². The van der Waals surface area contributed by atoms with Crippen LogP contribution in [0.4, 0.5) is 0 Å². The molecule has 0 unspecified atom stereocenters. The monoisotopic (exact) mass is 194 g/mol. The van der Waals surface area contributed by atoms with Crippen LogP contribution in [0.15, 0.2) is 30.3 Å². The predicted octanol–water partition coefficient (Wildman–Crippen LogP) is 1.33. The molecule has 2 N–H and O–H groups in total. The Hall–Kier alpha value is -1.84. The van der Waals surface area contributed by atoms with Crippen LogP contribution in [0.5, 0.6) is 0 Å². The van der Waals surface area contributed by atoms with Gasteiger partial charge in [0.1, 0.15) is 0 Å². The van der Waals surface area contributed by atoms with Crippen LogP contribution in [-0.4, -0.2) is 22.2 Å². The first-order valence-corrected chi connectivity index (χ1v) is 4.11. The second-order valence-corrected chi connectivity index (χ2v) is 2.90. The van der Waals surface area contributed by atoms with Crippen molar-refractivity contribution in [3.63, 3.8) is 0 Å². The van der Waals surface area contributed by atoms with E-state index in [0.29, 0.717) is 5.56 Å². The highest BCUT2D eigenvalue weighted by atomic mass is 16.4. The number of carboxylic acid groups (broad SMARTS) is 2. The van der Waals surface area contributed by atoms with Gasteiger partial charge in [-0.3, -0.25) is 9.59 Å². The van der Waals surface area contributed by atoms with Crippen LogP contribution in [0.1, 0.15) is 17.9 Å². The molecule has 1 aromatic rings. The Morgan fingerprint density at radius 3 is 2.14 bits per heavy atom. The van der Waals surface area contributed by atoms with Crippen LogP contribution < -0.4 is 0 Å². The van der Waals surface area contributed by atoms with Gasteiger partial charge in [0.15, 0.2) is 0 Å². The van der Waals surface area contributed by atoms with Crippen molar-refractivity contribution in [3.8, 4) is 0 Å². The Morgan fingerprint density at radius 2 is 1.71 bits per heavy atom. The first-order chi connectivity index (χ1) is 6.61. The molecule has 0 aliphatic rings. The highest BCUT2D eigenvalue weighted by Gasteiger charge is 2.22. The molecule has 0 spiro atoms. The molecule has 0 fully saturated rings. The first-order valence-electron chi connectivity index (χ1n) is 4.11. The van der Waals surface area contributed by atoms with E-state index in [2.05, 4.69) is 0 Å². The van der Waals surface area contributed by atoms with Crippen molar-refractivity contribution in [2.24, 2.45) is 0 Å². The van der Waals surface area contributed by atoms with Crippen LogP contribution >= 0.6 is 0 Å². The van der Waals surface area contributed by atoms with Crippen molar-refractivity contribution in [1.29, 1.82) is 0 Å². The van der Waals surface area contributed by atoms with Gasteiger partial charge in [-0.05, 0) is 5.56 Å². The molecule has 0 saturated carbocycles. The van der Waals surface area contributed by atoms with Gasteiger partial charge in [-0.25, -0.2) is 0 Å². The van der Waals surface area contributed by atoms with Gasteiger partial charge >= 0.3 is 11.9 Å². The third-order valence-corrected chi connectivity index (χ3v) is 1.88. The molecule has 14 heavy (non-hydrogen) atoms. The fourth-order valence-electron chi connectivity index (χ4n) is 1.21. The van der Waals surface area contributed by atoms with E-state index < -0.39 is 17.9 Å². The Kier molecular flexibility index (Phi) is 3.23. The highest BCUT2D eigenvalue weighted by molar-refractivity contribution is 5.82. The number of benzene rings is 1. The smallest absolute Gasteiger partial charge is 0.311 e. The number of rotatable bonds is 4. The van der Waals surface area contributed by atoms with Crippen molar-refractivity contribution in [2.45, 2.75) is 12.3 Å². The molecule has 0 aliphatic carbocycles. The summed E-state index contributed by atoms with van der Waals surface area (Å²) >= 11 is 0. The lowest BCUT2D eigenvalue weighted by atomic mass is 9.96. The zero-order chi connectivity index (χ0) is 10.6. The maximum atomic E-state index is 10.8. The number of carbonyl (C=O) groups is 2. The van der Waals surface area contributed by atoms with Crippen molar-refractivity contribution in [2.75, 3.05) is 0 Å². The Labute approximate surface area is 80.8 Å². The molecule has 74 valence electrons. The minimum Gasteiger partial charge on any atom is -0.481 e. The molecule has 0 bridgehead atoms. The fraction of sp³-hybridized carbons (Fsp3) is 0.200. The lowest BCUT2D eigenvalue weighted by Crippen LogP contribution is -2.15. The van der Waals surface area contributed by atoms with Crippen LogP contribution in [0.2, 0.25) is 0 Å². The minimum absolute atomic E-state index is 0.390. The fourth-order valence-corrected chi connectivity index (χ4v) is 1.21. The molecule has 0 aromatic heterocycles. The summed E-state index contributed by atoms with van der Waals surface area (Å²) in [6, 6.07) is 8.35. The van der Waals surface area contributed by atoms with E-state index in [4.69, 9.17) is 10.2 Å². The first kappa shape index (κ1) is 10.2. The zero-order valence-electron chi connectivity index (χ0n) is 7.38. The summed E-state index contributed by atoms with van der Waals surface area (Å²) < 4.78 is 0.